The first-order valence-electron chi connectivity index (χ1n) is 7.76. The van der Waals surface area contributed by atoms with Crippen LogP contribution in [0.25, 0.3) is 0 Å². The summed E-state index contributed by atoms with van der Waals surface area (Å²) in [7, 11) is 0. The van der Waals surface area contributed by atoms with Gasteiger partial charge in [0.15, 0.2) is 0 Å². The van der Waals surface area contributed by atoms with Crippen molar-refractivity contribution in [3.05, 3.63) is 0 Å². The van der Waals surface area contributed by atoms with Gasteiger partial charge in [-0.1, -0.05) is 20.8 Å². The lowest BCUT2D eigenvalue weighted by atomic mass is 9.94. The molecule has 1 atom stereocenters. The fourth-order valence-corrected chi connectivity index (χ4v) is 2.72. The largest absolute Gasteiger partial charge is 0.378 e. The molecule has 0 bridgehead atoms. The van der Waals surface area contributed by atoms with Gasteiger partial charge in [-0.3, -0.25) is 9.59 Å². The molecule has 2 rings (SSSR count). The van der Waals surface area contributed by atoms with E-state index in [2.05, 4.69) is 5.32 Å². The first-order valence-corrected chi connectivity index (χ1v) is 7.76. The topological polar surface area (TPSA) is 61.9 Å². The summed E-state index contributed by atoms with van der Waals surface area (Å²) in [4.78, 5) is 28.2. The highest BCUT2D eigenvalue weighted by Crippen LogP contribution is 2.19. The van der Waals surface area contributed by atoms with Crippen LogP contribution in [0.4, 0.5) is 0 Å². The number of hydrogen-bond donors (Lipinski definition) is 1. The van der Waals surface area contributed by atoms with Crippen LogP contribution in [0, 0.1) is 5.41 Å². The Kier molecular flexibility index (Phi) is 5.22. The molecule has 2 amide bonds. The van der Waals surface area contributed by atoms with Crippen molar-refractivity contribution in [2.45, 2.75) is 33.2 Å². The Bertz CT molecular complexity index is 378. The van der Waals surface area contributed by atoms with E-state index < -0.39 is 0 Å². The van der Waals surface area contributed by atoms with E-state index >= 15 is 0 Å². The van der Waals surface area contributed by atoms with Gasteiger partial charge < -0.3 is 19.9 Å². The van der Waals surface area contributed by atoms with Crippen LogP contribution >= 0.6 is 0 Å². The molecule has 2 heterocycles. The highest BCUT2D eigenvalue weighted by Gasteiger charge is 2.31. The Morgan fingerprint density at radius 1 is 1.14 bits per heavy atom. The van der Waals surface area contributed by atoms with E-state index in [4.69, 9.17) is 4.74 Å². The van der Waals surface area contributed by atoms with Crippen molar-refractivity contribution in [2.75, 3.05) is 45.9 Å². The maximum absolute atomic E-state index is 12.3. The molecule has 6 nitrogen and oxygen atoms in total. The number of nitrogens with one attached hydrogen (secondary N) is 1. The van der Waals surface area contributed by atoms with E-state index in [-0.39, 0.29) is 23.3 Å². The molecule has 0 aromatic rings. The zero-order valence-electron chi connectivity index (χ0n) is 13.4. The van der Waals surface area contributed by atoms with E-state index in [0.717, 1.165) is 13.2 Å². The van der Waals surface area contributed by atoms with Gasteiger partial charge in [0.1, 0.15) is 0 Å². The van der Waals surface area contributed by atoms with Crippen molar-refractivity contribution in [3.63, 3.8) is 0 Å². The van der Waals surface area contributed by atoms with Gasteiger partial charge in [0.2, 0.25) is 11.8 Å². The highest BCUT2D eigenvalue weighted by molar-refractivity contribution is 5.82. The van der Waals surface area contributed by atoms with Crippen molar-refractivity contribution in [2.24, 2.45) is 5.41 Å². The number of piperazine rings is 1. The van der Waals surface area contributed by atoms with E-state index in [1.54, 1.807) is 0 Å². The predicted molar refractivity (Wildman–Crippen MR) is 79.8 cm³/mol. The molecule has 0 radical (unpaired) electrons. The zero-order valence-corrected chi connectivity index (χ0v) is 13.4. The second-order valence-corrected chi connectivity index (χ2v) is 6.85. The van der Waals surface area contributed by atoms with Gasteiger partial charge in [0.05, 0.1) is 13.2 Å². The molecule has 1 N–H and O–H groups in total. The number of ether oxygens (including phenoxy) is 1. The first kappa shape index (κ1) is 16.2. The maximum atomic E-state index is 12.3. The van der Waals surface area contributed by atoms with Gasteiger partial charge in [0.25, 0.3) is 0 Å². The van der Waals surface area contributed by atoms with Crippen LogP contribution in [0.1, 0.15) is 27.2 Å². The fourth-order valence-electron chi connectivity index (χ4n) is 2.72. The van der Waals surface area contributed by atoms with E-state index in [1.165, 1.54) is 0 Å². The fraction of sp³-hybridized carbons (Fsp3) is 0.867. The highest BCUT2D eigenvalue weighted by atomic mass is 16.5. The molecule has 0 saturated carbocycles. The number of amides is 2. The molecule has 0 aromatic carbocycles. The second-order valence-electron chi connectivity index (χ2n) is 6.85. The van der Waals surface area contributed by atoms with Crippen molar-refractivity contribution in [1.29, 1.82) is 0 Å². The van der Waals surface area contributed by atoms with Gasteiger partial charge >= 0.3 is 0 Å². The summed E-state index contributed by atoms with van der Waals surface area (Å²) in [6.45, 7) is 10.5. The molecule has 2 saturated heterocycles. The Balaban J connectivity index is 1.78. The number of carbonyl (C=O) groups excluding carboxylic acids is 2. The minimum atomic E-state index is -0.352. The summed E-state index contributed by atoms with van der Waals surface area (Å²) in [5.41, 5.74) is -0.352. The molecule has 2 aliphatic heterocycles. The van der Waals surface area contributed by atoms with Crippen LogP contribution in [0.2, 0.25) is 0 Å². The summed E-state index contributed by atoms with van der Waals surface area (Å²) in [6, 6.07) is 0.125. The molecular weight excluding hydrogens is 270 g/mol. The average Bonchev–Trinajstić information content (AvgIpc) is 2.46. The third-order valence-corrected chi connectivity index (χ3v) is 3.98. The smallest absolute Gasteiger partial charge is 0.228 e. The number of carbonyl (C=O) groups is 2. The van der Waals surface area contributed by atoms with Crippen molar-refractivity contribution < 1.29 is 14.3 Å². The lowest BCUT2D eigenvalue weighted by Gasteiger charge is -2.38. The van der Waals surface area contributed by atoms with Gasteiger partial charge in [-0.15, -0.1) is 0 Å². The van der Waals surface area contributed by atoms with E-state index in [9.17, 15) is 9.59 Å². The minimum absolute atomic E-state index is 0.125. The minimum Gasteiger partial charge on any atom is -0.378 e. The molecule has 21 heavy (non-hydrogen) atoms. The molecule has 2 aliphatic rings. The Morgan fingerprint density at radius 3 is 2.29 bits per heavy atom. The predicted octanol–water partition coefficient (Wildman–Crippen LogP) is 0.0818. The molecular formula is C15H27N3O3. The number of nitrogens with zero attached hydrogens (tertiary/aromatic N) is 2. The molecule has 6 heteroatoms. The standard InChI is InChI=1S/C15H27N3O3/c1-15(2,3)14(20)18-7-5-17(6-8-18)13(19)10-12-11-21-9-4-16-12/h12,16H,4-11H2,1-3H3. The summed E-state index contributed by atoms with van der Waals surface area (Å²) in [5, 5.41) is 3.30. The molecule has 0 aromatic heterocycles. The Hall–Kier alpha value is -1.14. The Labute approximate surface area is 126 Å². The Morgan fingerprint density at radius 2 is 1.76 bits per heavy atom. The quantitative estimate of drug-likeness (QED) is 0.784. The molecule has 1 unspecified atom stereocenters. The van der Waals surface area contributed by atoms with Crippen molar-refractivity contribution in [3.8, 4) is 0 Å². The third kappa shape index (κ3) is 4.41. The second kappa shape index (κ2) is 6.75. The summed E-state index contributed by atoms with van der Waals surface area (Å²) in [6.07, 6.45) is 0.479. The van der Waals surface area contributed by atoms with Crippen LogP contribution in [-0.4, -0.2) is 73.6 Å². The zero-order chi connectivity index (χ0) is 15.5. The first-order chi connectivity index (χ1) is 9.88. The van der Waals surface area contributed by atoms with Crippen LogP contribution in [0.5, 0.6) is 0 Å². The molecule has 120 valence electrons. The average molecular weight is 297 g/mol. The summed E-state index contributed by atoms with van der Waals surface area (Å²) >= 11 is 0. The number of rotatable bonds is 2. The van der Waals surface area contributed by atoms with Crippen LogP contribution < -0.4 is 5.32 Å². The molecule has 0 aliphatic carbocycles. The van der Waals surface area contributed by atoms with E-state index in [0.29, 0.717) is 39.2 Å². The lowest BCUT2D eigenvalue weighted by molar-refractivity contribution is -0.145. The monoisotopic (exact) mass is 297 g/mol. The van der Waals surface area contributed by atoms with Crippen molar-refractivity contribution in [1.82, 2.24) is 15.1 Å². The lowest BCUT2D eigenvalue weighted by Crippen LogP contribution is -2.54. The SMILES string of the molecule is CC(C)(C)C(=O)N1CCN(C(=O)CC2COCCN2)CC1. The number of hydrogen-bond acceptors (Lipinski definition) is 4. The third-order valence-electron chi connectivity index (χ3n) is 3.98. The van der Waals surface area contributed by atoms with Crippen LogP contribution in [0.3, 0.4) is 0 Å². The van der Waals surface area contributed by atoms with E-state index in [1.807, 2.05) is 30.6 Å². The van der Waals surface area contributed by atoms with Gasteiger partial charge in [0, 0.05) is 50.6 Å². The normalized spacial score (nSPS) is 24.0. The van der Waals surface area contributed by atoms with Crippen molar-refractivity contribution >= 4 is 11.8 Å². The maximum Gasteiger partial charge on any atom is 0.228 e. The molecule has 2 fully saturated rings. The summed E-state index contributed by atoms with van der Waals surface area (Å²) < 4.78 is 5.37. The van der Waals surface area contributed by atoms with Crippen LogP contribution in [0.15, 0.2) is 0 Å². The summed E-state index contributed by atoms with van der Waals surface area (Å²) in [5.74, 6) is 0.317. The van der Waals surface area contributed by atoms with Gasteiger partial charge in [-0.2, -0.15) is 0 Å². The van der Waals surface area contributed by atoms with Crippen LogP contribution in [-0.2, 0) is 14.3 Å². The van der Waals surface area contributed by atoms with Gasteiger partial charge in [-0.25, -0.2) is 0 Å². The number of morpholine rings is 1. The van der Waals surface area contributed by atoms with Gasteiger partial charge in [-0.05, 0) is 0 Å². The molecule has 0 spiro atoms.